The lowest BCUT2D eigenvalue weighted by molar-refractivity contribution is 1.03. The minimum atomic E-state index is 0.287. The SMILES string of the molecule is CCc1ccc(CC)c(C(Br)c2ccc(C)cc2)c1. The average molecular weight is 317 g/mol. The Morgan fingerprint density at radius 2 is 1.63 bits per heavy atom. The lowest BCUT2D eigenvalue weighted by Gasteiger charge is -2.16. The van der Waals surface area contributed by atoms with E-state index in [1.165, 1.54) is 27.8 Å². The summed E-state index contributed by atoms with van der Waals surface area (Å²) in [7, 11) is 0. The Hall–Kier alpha value is -1.08. The van der Waals surface area contributed by atoms with E-state index in [0.717, 1.165) is 12.8 Å². The van der Waals surface area contributed by atoms with Crippen LogP contribution in [0.5, 0.6) is 0 Å². The summed E-state index contributed by atoms with van der Waals surface area (Å²) >= 11 is 3.87. The van der Waals surface area contributed by atoms with Gasteiger partial charge in [0.15, 0.2) is 0 Å². The number of rotatable bonds is 4. The molecule has 0 spiro atoms. The maximum Gasteiger partial charge on any atom is 0.0647 e. The molecule has 0 heterocycles. The second kappa shape index (κ2) is 6.38. The molecule has 0 radical (unpaired) electrons. The van der Waals surface area contributed by atoms with Crippen molar-refractivity contribution >= 4 is 15.9 Å². The molecule has 19 heavy (non-hydrogen) atoms. The first-order chi connectivity index (χ1) is 9.15. The second-order valence-electron chi connectivity index (χ2n) is 5.01. The minimum Gasteiger partial charge on any atom is -0.0786 e. The summed E-state index contributed by atoms with van der Waals surface area (Å²) in [4.78, 5) is 0.287. The summed E-state index contributed by atoms with van der Waals surface area (Å²) in [5.41, 5.74) is 6.88. The fraction of sp³-hybridized carbons (Fsp3) is 0.333. The lowest BCUT2D eigenvalue weighted by Crippen LogP contribution is -1.99. The van der Waals surface area contributed by atoms with Crippen LogP contribution in [-0.4, -0.2) is 0 Å². The Kier molecular flexibility index (Phi) is 4.81. The molecule has 2 aromatic rings. The summed E-state index contributed by atoms with van der Waals surface area (Å²) in [6, 6.07) is 15.7. The Labute approximate surface area is 125 Å². The standard InChI is InChI=1S/C18H21Br/c1-4-14-8-11-15(5-2)17(12-14)18(19)16-9-6-13(3)7-10-16/h6-12,18H,4-5H2,1-3H3. The highest BCUT2D eigenvalue weighted by Gasteiger charge is 2.14. The van der Waals surface area contributed by atoms with Gasteiger partial charge in [0, 0.05) is 0 Å². The minimum absolute atomic E-state index is 0.287. The van der Waals surface area contributed by atoms with Crippen molar-refractivity contribution in [3.8, 4) is 0 Å². The zero-order chi connectivity index (χ0) is 13.8. The van der Waals surface area contributed by atoms with Gasteiger partial charge in [0.05, 0.1) is 4.83 Å². The van der Waals surface area contributed by atoms with Gasteiger partial charge in [-0.05, 0) is 42.0 Å². The van der Waals surface area contributed by atoms with Crippen LogP contribution in [0.4, 0.5) is 0 Å². The molecule has 0 amide bonds. The highest BCUT2D eigenvalue weighted by Crippen LogP contribution is 2.34. The van der Waals surface area contributed by atoms with Crippen LogP contribution < -0.4 is 0 Å². The molecule has 1 heteroatoms. The highest BCUT2D eigenvalue weighted by atomic mass is 79.9. The zero-order valence-electron chi connectivity index (χ0n) is 11.9. The summed E-state index contributed by atoms with van der Waals surface area (Å²) in [5.74, 6) is 0. The third kappa shape index (κ3) is 3.27. The van der Waals surface area contributed by atoms with Crippen molar-refractivity contribution in [1.29, 1.82) is 0 Å². The monoisotopic (exact) mass is 316 g/mol. The molecule has 0 aliphatic carbocycles. The normalized spacial score (nSPS) is 12.4. The van der Waals surface area contributed by atoms with Gasteiger partial charge in [-0.2, -0.15) is 0 Å². The van der Waals surface area contributed by atoms with Gasteiger partial charge in [-0.1, -0.05) is 77.8 Å². The van der Waals surface area contributed by atoms with E-state index in [-0.39, 0.29) is 4.83 Å². The number of benzene rings is 2. The summed E-state index contributed by atoms with van der Waals surface area (Å²) in [6.45, 7) is 6.56. The number of aryl methyl sites for hydroxylation is 3. The van der Waals surface area contributed by atoms with Crippen LogP contribution in [0.15, 0.2) is 42.5 Å². The molecular weight excluding hydrogens is 296 g/mol. The van der Waals surface area contributed by atoms with Gasteiger partial charge in [0.2, 0.25) is 0 Å². The quantitative estimate of drug-likeness (QED) is 0.644. The van der Waals surface area contributed by atoms with Crippen molar-refractivity contribution < 1.29 is 0 Å². The fourth-order valence-corrected chi connectivity index (χ4v) is 3.07. The molecule has 0 N–H and O–H groups in total. The number of hydrogen-bond acceptors (Lipinski definition) is 0. The van der Waals surface area contributed by atoms with E-state index < -0.39 is 0 Å². The molecule has 0 bridgehead atoms. The first kappa shape index (κ1) is 14.3. The van der Waals surface area contributed by atoms with Gasteiger partial charge in [-0.25, -0.2) is 0 Å². The molecule has 0 nitrogen and oxygen atoms in total. The van der Waals surface area contributed by atoms with Gasteiger partial charge in [0.1, 0.15) is 0 Å². The van der Waals surface area contributed by atoms with E-state index in [9.17, 15) is 0 Å². The van der Waals surface area contributed by atoms with Gasteiger partial charge < -0.3 is 0 Å². The molecule has 2 aromatic carbocycles. The maximum atomic E-state index is 3.87. The van der Waals surface area contributed by atoms with Crippen molar-refractivity contribution in [3.05, 3.63) is 70.3 Å². The zero-order valence-corrected chi connectivity index (χ0v) is 13.5. The predicted octanol–water partition coefficient (Wildman–Crippen LogP) is 5.60. The smallest absolute Gasteiger partial charge is 0.0647 e. The van der Waals surface area contributed by atoms with Crippen molar-refractivity contribution in [2.45, 2.75) is 38.4 Å². The molecule has 0 aliphatic heterocycles. The summed E-state index contributed by atoms with van der Waals surface area (Å²) in [6.07, 6.45) is 2.16. The molecule has 0 saturated carbocycles. The van der Waals surface area contributed by atoms with E-state index in [1.54, 1.807) is 0 Å². The van der Waals surface area contributed by atoms with Crippen LogP contribution in [0.2, 0.25) is 0 Å². The molecule has 2 rings (SSSR count). The van der Waals surface area contributed by atoms with Crippen LogP contribution >= 0.6 is 15.9 Å². The van der Waals surface area contributed by atoms with Crippen LogP contribution in [0.25, 0.3) is 0 Å². The Morgan fingerprint density at radius 1 is 0.947 bits per heavy atom. The molecule has 0 aromatic heterocycles. The molecule has 0 aliphatic rings. The molecule has 100 valence electrons. The van der Waals surface area contributed by atoms with E-state index in [2.05, 4.69) is 79.2 Å². The van der Waals surface area contributed by atoms with Crippen LogP contribution in [0.1, 0.15) is 46.5 Å². The van der Waals surface area contributed by atoms with Crippen molar-refractivity contribution in [1.82, 2.24) is 0 Å². The van der Waals surface area contributed by atoms with Crippen LogP contribution in [0, 0.1) is 6.92 Å². The third-order valence-electron chi connectivity index (χ3n) is 3.64. The average Bonchev–Trinajstić information content (AvgIpc) is 2.46. The first-order valence-electron chi connectivity index (χ1n) is 6.98. The molecule has 0 fully saturated rings. The Balaban J connectivity index is 2.41. The third-order valence-corrected chi connectivity index (χ3v) is 4.66. The molecule has 1 atom stereocenters. The van der Waals surface area contributed by atoms with Crippen LogP contribution in [-0.2, 0) is 12.8 Å². The molecule has 1 unspecified atom stereocenters. The van der Waals surface area contributed by atoms with E-state index in [4.69, 9.17) is 0 Å². The van der Waals surface area contributed by atoms with Crippen molar-refractivity contribution in [3.63, 3.8) is 0 Å². The molecule has 0 saturated heterocycles. The Bertz CT molecular complexity index is 540. The first-order valence-corrected chi connectivity index (χ1v) is 7.89. The maximum absolute atomic E-state index is 3.87. The van der Waals surface area contributed by atoms with Gasteiger partial charge in [-0.15, -0.1) is 0 Å². The summed E-state index contributed by atoms with van der Waals surface area (Å²) in [5, 5.41) is 0. The summed E-state index contributed by atoms with van der Waals surface area (Å²) < 4.78 is 0. The van der Waals surface area contributed by atoms with Crippen LogP contribution in [0.3, 0.4) is 0 Å². The lowest BCUT2D eigenvalue weighted by atomic mass is 9.95. The van der Waals surface area contributed by atoms with E-state index in [1.807, 2.05) is 0 Å². The predicted molar refractivity (Wildman–Crippen MR) is 87.1 cm³/mol. The molecular formula is C18H21Br. The fourth-order valence-electron chi connectivity index (χ4n) is 2.34. The largest absolute Gasteiger partial charge is 0.0786 e. The van der Waals surface area contributed by atoms with Gasteiger partial charge >= 0.3 is 0 Å². The topological polar surface area (TPSA) is 0 Å². The van der Waals surface area contributed by atoms with E-state index in [0.29, 0.717) is 0 Å². The van der Waals surface area contributed by atoms with Gasteiger partial charge in [-0.3, -0.25) is 0 Å². The number of hydrogen-bond donors (Lipinski definition) is 0. The number of alkyl halides is 1. The van der Waals surface area contributed by atoms with Crippen molar-refractivity contribution in [2.24, 2.45) is 0 Å². The second-order valence-corrected chi connectivity index (χ2v) is 5.93. The van der Waals surface area contributed by atoms with Crippen molar-refractivity contribution in [2.75, 3.05) is 0 Å². The number of halogens is 1. The Morgan fingerprint density at radius 3 is 2.21 bits per heavy atom. The van der Waals surface area contributed by atoms with E-state index >= 15 is 0 Å². The highest BCUT2D eigenvalue weighted by molar-refractivity contribution is 9.09. The van der Waals surface area contributed by atoms with Gasteiger partial charge in [0.25, 0.3) is 0 Å².